The van der Waals surface area contributed by atoms with E-state index in [1.54, 1.807) is 17.7 Å². The van der Waals surface area contributed by atoms with Crippen LogP contribution in [0.25, 0.3) is 10.2 Å². The molecule has 0 amide bonds. The molecule has 0 saturated heterocycles. The average molecular weight is 269 g/mol. The van der Waals surface area contributed by atoms with Gasteiger partial charge in [-0.15, -0.1) is 11.3 Å². The standard InChI is InChI=1S/C9H8N4S3/c14-8-10-5-13(12-8)16-9-11-6-3-1-2-4-7(6)15-9/h1-5,11,16H,(H,12,14)/p+1. The van der Waals surface area contributed by atoms with Gasteiger partial charge in [-0.2, -0.15) is 5.10 Å². The lowest BCUT2D eigenvalue weighted by molar-refractivity contribution is -0.561. The number of aromatic nitrogens is 4. The van der Waals surface area contributed by atoms with Gasteiger partial charge in [-0.25, -0.2) is 0 Å². The van der Waals surface area contributed by atoms with Crippen LogP contribution in [0.4, 0.5) is 0 Å². The van der Waals surface area contributed by atoms with Crippen molar-refractivity contribution in [3.63, 3.8) is 0 Å². The Balaban J connectivity index is 2.15. The van der Waals surface area contributed by atoms with E-state index in [1.165, 1.54) is 10.2 Å². The van der Waals surface area contributed by atoms with Gasteiger partial charge in [0.25, 0.3) is 0 Å². The monoisotopic (exact) mass is 269 g/mol. The number of aromatic amines is 2. The van der Waals surface area contributed by atoms with Crippen molar-refractivity contribution in [3.8, 4) is 0 Å². The van der Waals surface area contributed by atoms with Crippen LogP contribution in [0.5, 0.6) is 0 Å². The molecule has 16 heavy (non-hydrogen) atoms. The number of benzene rings is 1. The third-order valence-corrected chi connectivity index (χ3v) is 4.36. The van der Waals surface area contributed by atoms with Gasteiger partial charge in [0.1, 0.15) is 0 Å². The van der Waals surface area contributed by atoms with Gasteiger partial charge in [0.05, 0.1) is 10.2 Å². The fourth-order valence-electron chi connectivity index (χ4n) is 1.37. The van der Waals surface area contributed by atoms with Crippen molar-refractivity contribution in [1.82, 2.24) is 15.1 Å². The summed E-state index contributed by atoms with van der Waals surface area (Å²) in [7, 11) is 0. The summed E-state index contributed by atoms with van der Waals surface area (Å²) in [6.07, 6.45) is 1.72. The van der Waals surface area contributed by atoms with Crippen LogP contribution >= 0.6 is 35.5 Å². The van der Waals surface area contributed by atoms with Crippen LogP contribution in [-0.4, -0.2) is 15.1 Å². The number of H-pyrrole nitrogens is 2. The zero-order chi connectivity index (χ0) is 11.0. The van der Waals surface area contributed by atoms with Gasteiger partial charge in [-0.3, -0.25) is 0 Å². The predicted octanol–water partition coefficient (Wildman–Crippen LogP) is 1.99. The molecule has 2 N–H and O–H groups in total. The summed E-state index contributed by atoms with van der Waals surface area (Å²) in [6, 6.07) is 8.26. The highest BCUT2D eigenvalue weighted by molar-refractivity contribution is 7.86. The Hall–Kier alpha value is -1.05. The van der Waals surface area contributed by atoms with Crippen LogP contribution in [0.15, 0.2) is 35.7 Å². The molecule has 0 unspecified atom stereocenters. The number of hydrogen-bond donors (Lipinski definition) is 4. The van der Waals surface area contributed by atoms with Gasteiger partial charge in [0.2, 0.25) is 0 Å². The summed E-state index contributed by atoms with van der Waals surface area (Å²) >= 11 is 6.88. The van der Waals surface area contributed by atoms with Crippen molar-refractivity contribution in [1.29, 1.82) is 0 Å². The van der Waals surface area contributed by atoms with Crippen molar-refractivity contribution in [2.24, 2.45) is 0 Å². The van der Waals surface area contributed by atoms with E-state index < -0.39 is 0 Å². The van der Waals surface area contributed by atoms with Gasteiger partial charge in [0, 0.05) is 11.5 Å². The minimum atomic E-state index is 0.619. The highest BCUT2D eigenvalue weighted by Crippen LogP contribution is 2.19. The molecule has 4 nitrogen and oxygen atoms in total. The second-order valence-corrected chi connectivity index (χ2v) is 6.01. The van der Waals surface area contributed by atoms with Crippen LogP contribution in [-0.2, 0) is 0 Å². The van der Waals surface area contributed by atoms with E-state index in [-0.39, 0.29) is 0 Å². The fourth-order valence-corrected chi connectivity index (χ4v) is 3.69. The molecule has 0 aliphatic heterocycles. The fraction of sp³-hybridized carbons (Fsp3) is 0. The molecule has 3 rings (SSSR count). The lowest BCUT2D eigenvalue weighted by Crippen LogP contribution is -2.22. The molecule has 2 aromatic heterocycles. The van der Waals surface area contributed by atoms with Crippen LogP contribution < -0.4 is 4.09 Å². The molecule has 0 radical (unpaired) electrons. The first-order valence-corrected chi connectivity index (χ1v) is 6.71. The Morgan fingerprint density at radius 2 is 2.25 bits per heavy atom. The molecule has 7 heteroatoms. The molecule has 0 bridgehead atoms. The summed E-state index contributed by atoms with van der Waals surface area (Å²) in [4.78, 5) is 7.39. The molecule has 3 aromatic rings. The van der Waals surface area contributed by atoms with E-state index in [4.69, 9.17) is 0 Å². The van der Waals surface area contributed by atoms with Crippen molar-refractivity contribution in [3.05, 3.63) is 34.5 Å². The van der Waals surface area contributed by atoms with Crippen molar-refractivity contribution in [2.75, 3.05) is 0 Å². The maximum Gasteiger partial charge on any atom is 0.319 e. The van der Waals surface area contributed by atoms with E-state index in [9.17, 15) is 0 Å². The minimum absolute atomic E-state index is 0.619. The summed E-state index contributed by atoms with van der Waals surface area (Å²) < 4.78 is 4.28. The molecule has 82 valence electrons. The van der Waals surface area contributed by atoms with E-state index in [2.05, 4.69) is 39.8 Å². The Morgan fingerprint density at radius 1 is 1.38 bits per heavy atom. The van der Waals surface area contributed by atoms with Crippen molar-refractivity contribution in [2.45, 2.75) is 5.16 Å². The summed E-state index contributed by atoms with van der Waals surface area (Å²) in [5.41, 5.74) is 1.17. The lowest BCUT2D eigenvalue weighted by atomic mass is 10.3. The number of nitrogens with zero attached hydrogens (tertiary/aromatic N) is 2. The molecule has 0 aliphatic carbocycles. The molecule has 0 fully saturated rings. The van der Waals surface area contributed by atoms with Gasteiger partial charge in [0.15, 0.2) is 3.95 Å². The smallest absolute Gasteiger partial charge is 0.319 e. The number of rotatable bonds is 1. The van der Waals surface area contributed by atoms with E-state index in [1.807, 2.05) is 16.2 Å². The van der Waals surface area contributed by atoms with E-state index in [0.717, 1.165) is 15.5 Å². The van der Waals surface area contributed by atoms with Crippen LogP contribution in [0.2, 0.25) is 0 Å². The molecular formula is C9H9N4S3+. The quantitative estimate of drug-likeness (QED) is 0.305. The zero-order valence-corrected chi connectivity index (χ0v) is 10.7. The average Bonchev–Trinajstić information content (AvgIpc) is 2.84. The molecule has 0 spiro atoms. The van der Waals surface area contributed by atoms with E-state index >= 15 is 0 Å². The van der Waals surface area contributed by atoms with Crippen molar-refractivity contribution < 1.29 is 4.09 Å². The first kappa shape index (κ1) is 10.1. The minimum Gasteiger partial charge on any atom is -0.339 e. The Labute approximate surface area is 104 Å². The van der Waals surface area contributed by atoms with Crippen LogP contribution in [0.1, 0.15) is 0 Å². The number of thiazole rings is 1. The molecule has 0 aliphatic rings. The SMILES string of the molecule is Sc1nc[n+](/[SH]=c2\[nH]c3ccccc3s2)[nH]1. The zero-order valence-electron chi connectivity index (χ0n) is 8.08. The Kier molecular flexibility index (Phi) is 2.58. The Morgan fingerprint density at radius 3 is 3.00 bits per heavy atom. The van der Waals surface area contributed by atoms with Crippen LogP contribution in [0, 0.1) is 3.95 Å². The number of thiol groups is 2. The molecule has 0 atom stereocenters. The van der Waals surface area contributed by atoms with Crippen molar-refractivity contribution >= 4 is 45.7 Å². The number of nitrogens with one attached hydrogen (secondary N) is 2. The third kappa shape index (κ3) is 1.93. The topological polar surface area (TPSA) is 48.4 Å². The lowest BCUT2D eigenvalue weighted by Gasteiger charge is -1.82. The molecular weight excluding hydrogens is 260 g/mol. The summed E-state index contributed by atoms with van der Waals surface area (Å²) in [5, 5.41) is 3.63. The highest BCUT2D eigenvalue weighted by atomic mass is 32.2. The second-order valence-electron chi connectivity index (χ2n) is 3.15. The Bertz CT molecular complexity index is 658. The molecule has 1 aromatic carbocycles. The predicted molar refractivity (Wildman–Crippen MR) is 69.8 cm³/mol. The van der Waals surface area contributed by atoms with E-state index in [0.29, 0.717) is 5.16 Å². The van der Waals surface area contributed by atoms with Gasteiger partial charge >= 0.3 is 11.5 Å². The summed E-state index contributed by atoms with van der Waals surface area (Å²) in [5.74, 6) is 0. The summed E-state index contributed by atoms with van der Waals surface area (Å²) in [6.45, 7) is 0. The first-order valence-electron chi connectivity index (χ1n) is 4.60. The first-order chi connectivity index (χ1) is 7.81. The van der Waals surface area contributed by atoms with Gasteiger partial charge < -0.3 is 4.98 Å². The number of para-hydroxylation sites is 1. The van der Waals surface area contributed by atoms with Gasteiger partial charge in [-0.05, 0) is 17.1 Å². The highest BCUT2D eigenvalue weighted by Gasteiger charge is 2.01. The van der Waals surface area contributed by atoms with Crippen LogP contribution in [0.3, 0.4) is 0 Å². The molecule has 0 saturated carbocycles. The molecule has 2 heterocycles. The second kappa shape index (κ2) is 4.08. The maximum atomic E-state index is 4.12. The number of hydrogen-bond acceptors (Lipinski definition) is 3. The normalized spacial score (nSPS) is 12.9. The third-order valence-electron chi connectivity index (χ3n) is 2.04. The maximum absolute atomic E-state index is 4.12. The van der Waals surface area contributed by atoms with Gasteiger partial charge in [-0.1, -0.05) is 28.8 Å². The largest absolute Gasteiger partial charge is 0.339 e. The number of fused-ring (bicyclic) bond motifs is 1.